The third-order valence-corrected chi connectivity index (χ3v) is 3.11. The molecule has 0 bridgehead atoms. The molecule has 0 aliphatic rings. The van der Waals surface area contributed by atoms with E-state index in [2.05, 4.69) is 39.4 Å². The van der Waals surface area contributed by atoms with Crippen molar-refractivity contribution in [2.45, 2.75) is 19.3 Å². The minimum atomic E-state index is 0.0754. The molecule has 0 radical (unpaired) electrons. The van der Waals surface area contributed by atoms with Crippen molar-refractivity contribution in [1.82, 2.24) is 10.2 Å². The summed E-state index contributed by atoms with van der Waals surface area (Å²) in [5, 5.41) is 7.91. The number of aryl methyl sites for hydroxylation is 1. The van der Waals surface area contributed by atoms with Crippen molar-refractivity contribution in [3.63, 3.8) is 0 Å². The lowest BCUT2D eigenvalue weighted by Crippen LogP contribution is -2.15. The van der Waals surface area contributed by atoms with Crippen LogP contribution in [0.15, 0.2) is 28.7 Å². The normalized spacial score (nSPS) is 12.4. The molecule has 1 aromatic heterocycles. The van der Waals surface area contributed by atoms with E-state index in [0.29, 0.717) is 18.3 Å². The summed E-state index contributed by atoms with van der Waals surface area (Å²) in [6.45, 7) is 2.28. The van der Waals surface area contributed by atoms with Gasteiger partial charge in [0.2, 0.25) is 11.8 Å². The van der Waals surface area contributed by atoms with Crippen molar-refractivity contribution < 1.29 is 4.42 Å². The van der Waals surface area contributed by atoms with Gasteiger partial charge in [-0.15, -0.1) is 10.2 Å². The van der Waals surface area contributed by atoms with E-state index < -0.39 is 0 Å². The van der Waals surface area contributed by atoms with Gasteiger partial charge in [0, 0.05) is 33.3 Å². The summed E-state index contributed by atoms with van der Waals surface area (Å²) in [6, 6.07) is 8.42. The van der Waals surface area contributed by atoms with Crippen LogP contribution in [0.1, 0.15) is 23.3 Å². The lowest BCUT2D eigenvalue weighted by molar-refractivity contribution is 0.427. The van der Waals surface area contributed by atoms with Crippen LogP contribution >= 0.6 is 0 Å². The van der Waals surface area contributed by atoms with Crippen LogP contribution in [-0.2, 0) is 6.42 Å². The molecule has 0 spiro atoms. The molecule has 5 nitrogen and oxygen atoms in total. The summed E-state index contributed by atoms with van der Waals surface area (Å²) in [7, 11) is 4.05. The summed E-state index contributed by atoms with van der Waals surface area (Å²) in [5.74, 6) is 1.28. The zero-order valence-corrected chi connectivity index (χ0v) is 11.6. The van der Waals surface area contributed by atoms with Gasteiger partial charge in [-0.2, -0.15) is 0 Å². The zero-order chi connectivity index (χ0) is 13.8. The first-order valence-electron chi connectivity index (χ1n) is 6.36. The van der Waals surface area contributed by atoms with E-state index in [9.17, 15) is 0 Å². The molecule has 1 aromatic carbocycles. The molecule has 1 heterocycles. The Morgan fingerprint density at radius 1 is 1.21 bits per heavy atom. The number of aromatic nitrogens is 2. The van der Waals surface area contributed by atoms with E-state index in [1.807, 2.05) is 14.1 Å². The topological polar surface area (TPSA) is 68.2 Å². The number of anilines is 1. The molecule has 0 saturated carbocycles. The van der Waals surface area contributed by atoms with E-state index >= 15 is 0 Å². The molecular weight excluding hydrogens is 240 g/mol. The Bertz CT molecular complexity index is 518. The Morgan fingerprint density at radius 3 is 2.37 bits per heavy atom. The van der Waals surface area contributed by atoms with Gasteiger partial charge in [0.15, 0.2) is 0 Å². The van der Waals surface area contributed by atoms with Crippen LogP contribution in [0.3, 0.4) is 0 Å². The largest absolute Gasteiger partial charge is 0.425 e. The van der Waals surface area contributed by atoms with E-state index in [4.69, 9.17) is 10.2 Å². The summed E-state index contributed by atoms with van der Waals surface area (Å²) >= 11 is 0. The van der Waals surface area contributed by atoms with Crippen molar-refractivity contribution in [1.29, 1.82) is 0 Å². The maximum Gasteiger partial charge on any atom is 0.221 e. The highest BCUT2D eigenvalue weighted by Gasteiger charge is 2.17. The van der Waals surface area contributed by atoms with Crippen molar-refractivity contribution in [2.75, 3.05) is 25.5 Å². The summed E-state index contributed by atoms with van der Waals surface area (Å²) in [6.07, 6.45) is 0.811. The lowest BCUT2D eigenvalue weighted by atomic mass is 9.99. The van der Waals surface area contributed by atoms with Crippen LogP contribution in [0.4, 0.5) is 5.69 Å². The first kappa shape index (κ1) is 13.5. The molecule has 0 saturated heterocycles. The molecule has 2 rings (SSSR count). The van der Waals surface area contributed by atoms with Crippen LogP contribution in [0.5, 0.6) is 0 Å². The Hall–Kier alpha value is -1.88. The Labute approximate surface area is 113 Å². The van der Waals surface area contributed by atoms with Crippen molar-refractivity contribution in [3.05, 3.63) is 41.6 Å². The average Bonchev–Trinajstić information content (AvgIpc) is 2.83. The minimum Gasteiger partial charge on any atom is -0.425 e. The molecule has 0 aliphatic heterocycles. The van der Waals surface area contributed by atoms with E-state index in [1.54, 1.807) is 6.92 Å². The van der Waals surface area contributed by atoms with Gasteiger partial charge in [0.1, 0.15) is 0 Å². The lowest BCUT2D eigenvalue weighted by Gasteiger charge is -2.14. The molecule has 102 valence electrons. The first-order valence-corrected chi connectivity index (χ1v) is 6.36. The van der Waals surface area contributed by atoms with Gasteiger partial charge >= 0.3 is 0 Å². The van der Waals surface area contributed by atoms with Gasteiger partial charge in [0.05, 0.1) is 5.92 Å². The number of nitrogens with zero attached hydrogens (tertiary/aromatic N) is 3. The maximum atomic E-state index is 5.80. The highest BCUT2D eigenvalue weighted by Crippen LogP contribution is 2.20. The number of benzene rings is 1. The number of rotatable bonds is 5. The van der Waals surface area contributed by atoms with Gasteiger partial charge < -0.3 is 15.1 Å². The van der Waals surface area contributed by atoms with Crippen LogP contribution in [0, 0.1) is 6.92 Å². The standard InChI is InChI=1S/C14H20N4O/c1-10-16-17-14(19-10)12(9-15)8-11-4-6-13(7-5-11)18(2)3/h4-7,12H,8-9,15H2,1-3H3. The van der Waals surface area contributed by atoms with Gasteiger partial charge in [-0.25, -0.2) is 0 Å². The van der Waals surface area contributed by atoms with Crippen molar-refractivity contribution in [3.8, 4) is 0 Å². The monoisotopic (exact) mass is 260 g/mol. The van der Waals surface area contributed by atoms with Crippen molar-refractivity contribution >= 4 is 5.69 Å². The summed E-state index contributed by atoms with van der Waals surface area (Å²) < 4.78 is 5.46. The van der Waals surface area contributed by atoms with Crippen LogP contribution in [-0.4, -0.2) is 30.8 Å². The predicted molar refractivity (Wildman–Crippen MR) is 75.3 cm³/mol. The minimum absolute atomic E-state index is 0.0754. The smallest absolute Gasteiger partial charge is 0.221 e. The fraction of sp³-hybridized carbons (Fsp3) is 0.429. The highest BCUT2D eigenvalue weighted by molar-refractivity contribution is 5.46. The molecule has 2 N–H and O–H groups in total. The Balaban J connectivity index is 2.10. The molecule has 5 heteroatoms. The van der Waals surface area contributed by atoms with Gasteiger partial charge in [-0.1, -0.05) is 12.1 Å². The number of hydrogen-bond donors (Lipinski definition) is 1. The molecule has 1 atom stereocenters. The maximum absolute atomic E-state index is 5.80. The average molecular weight is 260 g/mol. The highest BCUT2D eigenvalue weighted by atomic mass is 16.4. The molecule has 0 amide bonds. The fourth-order valence-electron chi connectivity index (χ4n) is 1.96. The third-order valence-electron chi connectivity index (χ3n) is 3.11. The van der Waals surface area contributed by atoms with Crippen molar-refractivity contribution in [2.24, 2.45) is 5.73 Å². The number of hydrogen-bond acceptors (Lipinski definition) is 5. The summed E-state index contributed by atoms with van der Waals surface area (Å²) in [4.78, 5) is 2.07. The van der Waals surface area contributed by atoms with E-state index in [0.717, 1.165) is 6.42 Å². The molecule has 0 aliphatic carbocycles. The summed E-state index contributed by atoms with van der Waals surface area (Å²) in [5.41, 5.74) is 8.21. The molecule has 2 aromatic rings. The van der Waals surface area contributed by atoms with Crippen LogP contribution in [0.25, 0.3) is 0 Å². The molecule has 1 unspecified atom stereocenters. The molecular formula is C14H20N4O. The number of nitrogens with two attached hydrogens (primary N) is 1. The molecule has 19 heavy (non-hydrogen) atoms. The third kappa shape index (κ3) is 3.32. The Morgan fingerprint density at radius 2 is 1.89 bits per heavy atom. The van der Waals surface area contributed by atoms with E-state index in [1.165, 1.54) is 11.3 Å². The second kappa shape index (κ2) is 5.84. The zero-order valence-electron chi connectivity index (χ0n) is 11.6. The van der Waals surface area contributed by atoms with Gasteiger partial charge in [-0.05, 0) is 24.1 Å². The Kier molecular flexibility index (Phi) is 4.16. The first-order chi connectivity index (χ1) is 9.10. The second-order valence-corrected chi connectivity index (χ2v) is 4.86. The predicted octanol–water partition coefficient (Wildman–Crippen LogP) is 1.73. The van der Waals surface area contributed by atoms with Crippen LogP contribution < -0.4 is 10.6 Å². The van der Waals surface area contributed by atoms with Gasteiger partial charge in [-0.3, -0.25) is 0 Å². The SMILES string of the molecule is Cc1nnc(C(CN)Cc2ccc(N(C)C)cc2)o1. The van der Waals surface area contributed by atoms with E-state index in [-0.39, 0.29) is 5.92 Å². The quantitative estimate of drug-likeness (QED) is 0.886. The van der Waals surface area contributed by atoms with Crippen LogP contribution in [0.2, 0.25) is 0 Å². The van der Waals surface area contributed by atoms with Gasteiger partial charge in [0.25, 0.3) is 0 Å². The fourth-order valence-corrected chi connectivity index (χ4v) is 1.96. The second-order valence-electron chi connectivity index (χ2n) is 4.86. The molecule has 0 fully saturated rings.